The molecule has 2 rings (SSSR count). The molecule has 3 atom stereocenters. The van der Waals surface area contributed by atoms with Crippen LogP contribution in [-0.2, 0) is 9.59 Å². The van der Waals surface area contributed by atoms with E-state index in [1.807, 2.05) is 24.3 Å². The van der Waals surface area contributed by atoms with Crippen molar-refractivity contribution < 1.29 is 24.5 Å². The summed E-state index contributed by atoms with van der Waals surface area (Å²) < 4.78 is 5.27. The number of hydrogen-bond acceptors (Lipinski definition) is 5. The molecule has 1 aliphatic rings. The van der Waals surface area contributed by atoms with E-state index in [1.54, 1.807) is 7.11 Å². The fraction of sp³-hybridized carbons (Fsp3) is 0.429. The van der Waals surface area contributed by atoms with E-state index in [2.05, 4.69) is 5.32 Å². The molecule has 21 heavy (non-hydrogen) atoms. The number of aliphatic carboxylic acids is 2. The largest absolute Gasteiger partial charge is 0.496 e. The van der Waals surface area contributed by atoms with E-state index in [0.29, 0.717) is 12.3 Å². The Morgan fingerprint density at radius 1 is 1.38 bits per heavy atom. The lowest BCUT2D eigenvalue weighted by atomic mass is 9.96. The molecule has 2 unspecified atom stereocenters. The molecule has 0 spiro atoms. The maximum absolute atomic E-state index is 11.2. The van der Waals surface area contributed by atoms with Gasteiger partial charge in [-0.05, 0) is 12.1 Å². The predicted octanol–water partition coefficient (Wildman–Crippen LogP) is 1.30. The van der Waals surface area contributed by atoms with Gasteiger partial charge in [-0.1, -0.05) is 12.1 Å². The van der Waals surface area contributed by atoms with Gasteiger partial charge in [0.05, 0.1) is 13.5 Å². The average molecular weight is 311 g/mol. The van der Waals surface area contributed by atoms with E-state index < -0.39 is 23.9 Å². The molecule has 1 aromatic carbocycles. The van der Waals surface area contributed by atoms with Gasteiger partial charge in [-0.25, -0.2) is 0 Å². The summed E-state index contributed by atoms with van der Waals surface area (Å²) in [5.41, 5.74) is 0. The zero-order valence-electron chi connectivity index (χ0n) is 11.5. The second-order valence-corrected chi connectivity index (χ2v) is 6.07. The number of carboxylic acids is 2. The van der Waals surface area contributed by atoms with Crippen LogP contribution in [-0.4, -0.2) is 47.1 Å². The number of carbonyl (C=O) groups is 2. The number of benzene rings is 1. The number of para-hydroxylation sites is 1. The summed E-state index contributed by atoms with van der Waals surface area (Å²) in [5.74, 6) is -1.75. The maximum atomic E-state index is 11.2. The summed E-state index contributed by atoms with van der Waals surface area (Å²) in [7, 11) is 1.57. The first-order chi connectivity index (χ1) is 10.0. The van der Waals surface area contributed by atoms with Crippen molar-refractivity contribution in [3.8, 4) is 5.75 Å². The Kier molecular flexibility index (Phi) is 5.08. The molecule has 0 amide bonds. The summed E-state index contributed by atoms with van der Waals surface area (Å²) in [6, 6.07) is 6.60. The van der Waals surface area contributed by atoms with Crippen molar-refractivity contribution in [3.63, 3.8) is 0 Å². The van der Waals surface area contributed by atoms with Crippen LogP contribution in [0.2, 0.25) is 0 Å². The molecule has 1 aliphatic heterocycles. The zero-order valence-corrected chi connectivity index (χ0v) is 12.3. The second kappa shape index (κ2) is 6.82. The Balaban J connectivity index is 2.17. The van der Waals surface area contributed by atoms with Gasteiger partial charge in [0.25, 0.3) is 0 Å². The van der Waals surface area contributed by atoms with Gasteiger partial charge in [-0.15, -0.1) is 11.8 Å². The highest BCUT2D eigenvalue weighted by Gasteiger charge is 2.41. The van der Waals surface area contributed by atoms with Crippen molar-refractivity contribution in [2.45, 2.75) is 22.6 Å². The molecular weight excluding hydrogens is 294 g/mol. The number of hydrogen-bond donors (Lipinski definition) is 3. The predicted molar refractivity (Wildman–Crippen MR) is 77.8 cm³/mol. The van der Waals surface area contributed by atoms with E-state index in [-0.39, 0.29) is 11.7 Å². The van der Waals surface area contributed by atoms with E-state index in [1.165, 1.54) is 11.8 Å². The lowest BCUT2D eigenvalue weighted by Gasteiger charge is -2.20. The summed E-state index contributed by atoms with van der Waals surface area (Å²) in [6.45, 7) is 0.456. The normalized spacial score (nSPS) is 24.7. The van der Waals surface area contributed by atoms with Crippen molar-refractivity contribution in [2.75, 3.05) is 13.7 Å². The SMILES string of the molecule is COc1ccccc1SC1CN[C@H](C(=O)O)C1CC(=O)O. The van der Waals surface area contributed by atoms with Crippen LogP contribution < -0.4 is 10.1 Å². The van der Waals surface area contributed by atoms with Crippen LogP contribution in [0.5, 0.6) is 5.75 Å². The van der Waals surface area contributed by atoms with Gasteiger partial charge in [0.2, 0.25) is 0 Å². The highest BCUT2D eigenvalue weighted by atomic mass is 32.2. The zero-order chi connectivity index (χ0) is 15.4. The smallest absolute Gasteiger partial charge is 0.321 e. The summed E-state index contributed by atoms with van der Waals surface area (Å²) in [5, 5.41) is 21.0. The number of ether oxygens (including phenoxy) is 1. The standard InChI is InChI=1S/C14H17NO5S/c1-20-9-4-2-3-5-10(9)21-11-7-15-13(14(18)19)8(11)6-12(16)17/h2-5,8,11,13,15H,6-7H2,1H3,(H,16,17)(H,18,19)/t8?,11?,13-/m0/s1. The van der Waals surface area contributed by atoms with Crippen LogP contribution >= 0.6 is 11.8 Å². The first-order valence-electron chi connectivity index (χ1n) is 6.50. The highest BCUT2D eigenvalue weighted by Crippen LogP contribution is 2.38. The molecule has 7 heteroatoms. The van der Waals surface area contributed by atoms with Crippen LogP contribution in [0, 0.1) is 5.92 Å². The van der Waals surface area contributed by atoms with E-state index >= 15 is 0 Å². The Morgan fingerprint density at radius 3 is 2.71 bits per heavy atom. The Hall–Kier alpha value is -1.73. The highest BCUT2D eigenvalue weighted by molar-refractivity contribution is 8.00. The van der Waals surface area contributed by atoms with Crippen molar-refractivity contribution in [2.24, 2.45) is 5.92 Å². The Bertz CT molecular complexity index is 536. The molecule has 0 saturated carbocycles. The van der Waals surface area contributed by atoms with Crippen LogP contribution in [0.25, 0.3) is 0 Å². The van der Waals surface area contributed by atoms with Crippen molar-refractivity contribution in [1.29, 1.82) is 0 Å². The first kappa shape index (κ1) is 15.7. The number of carboxylic acid groups (broad SMARTS) is 2. The molecule has 0 aliphatic carbocycles. The van der Waals surface area contributed by atoms with E-state index in [0.717, 1.165) is 4.90 Å². The monoisotopic (exact) mass is 311 g/mol. The molecule has 1 saturated heterocycles. The molecule has 1 heterocycles. The van der Waals surface area contributed by atoms with Gasteiger partial charge in [-0.3, -0.25) is 9.59 Å². The number of thioether (sulfide) groups is 1. The Labute approximate surface area is 126 Å². The van der Waals surface area contributed by atoms with Crippen LogP contribution in [0.15, 0.2) is 29.2 Å². The van der Waals surface area contributed by atoms with Crippen molar-refractivity contribution in [1.82, 2.24) is 5.32 Å². The van der Waals surface area contributed by atoms with Gasteiger partial charge < -0.3 is 20.3 Å². The lowest BCUT2D eigenvalue weighted by Crippen LogP contribution is -2.37. The molecule has 1 fully saturated rings. The van der Waals surface area contributed by atoms with Crippen LogP contribution in [0.3, 0.4) is 0 Å². The topological polar surface area (TPSA) is 95.9 Å². The summed E-state index contributed by atoms with van der Waals surface area (Å²) in [4.78, 5) is 23.1. The third kappa shape index (κ3) is 3.68. The number of nitrogens with one attached hydrogen (secondary N) is 1. The van der Waals surface area contributed by atoms with Crippen LogP contribution in [0.1, 0.15) is 6.42 Å². The molecule has 0 bridgehead atoms. The van der Waals surface area contributed by atoms with Crippen molar-refractivity contribution >= 4 is 23.7 Å². The first-order valence-corrected chi connectivity index (χ1v) is 7.38. The fourth-order valence-electron chi connectivity index (χ4n) is 2.49. The molecule has 0 radical (unpaired) electrons. The summed E-state index contributed by atoms with van der Waals surface area (Å²) >= 11 is 1.46. The van der Waals surface area contributed by atoms with E-state index in [9.17, 15) is 14.7 Å². The van der Waals surface area contributed by atoms with Gasteiger partial charge >= 0.3 is 11.9 Å². The average Bonchev–Trinajstić information content (AvgIpc) is 2.82. The minimum absolute atomic E-state index is 0.126. The third-order valence-electron chi connectivity index (χ3n) is 3.47. The molecular formula is C14H17NO5S. The molecule has 0 aromatic heterocycles. The lowest BCUT2D eigenvalue weighted by molar-refractivity contribution is -0.141. The van der Waals surface area contributed by atoms with Gasteiger partial charge in [0.1, 0.15) is 11.8 Å². The minimum Gasteiger partial charge on any atom is -0.496 e. The Morgan fingerprint density at radius 2 is 2.10 bits per heavy atom. The fourth-order valence-corrected chi connectivity index (χ4v) is 3.85. The van der Waals surface area contributed by atoms with Crippen molar-refractivity contribution in [3.05, 3.63) is 24.3 Å². The molecule has 6 nitrogen and oxygen atoms in total. The second-order valence-electron chi connectivity index (χ2n) is 4.79. The molecule has 1 aromatic rings. The molecule has 3 N–H and O–H groups in total. The summed E-state index contributed by atoms with van der Waals surface area (Å²) in [6.07, 6.45) is -0.170. The number of rotatable bonds is 6. The number of methoxy groups -OCH3 is 1. The minimum atomic E-state index is -1.01. The van der Waals surface area contributed by atoms with Gasteiger partial charge in [0, 0.05) is 22.6 Å². The quantitative estimate of drug-likeness (QED) is 0.729. The molecule has 114 valence electrons. The third-order valence-corrected chi connectivity index (χ3v) is 4.88. The van der Waals surface area contributed by atoms with E-state index in [4.69, 9.17) is 9.84 Å². The van der Waals surface area contributed by atoms with Gasteiger partial charge in [-0.2, -0.15) is 0 Å². The van der Waals surface area contributed by atoms with Crippen LogP contribution in [0.4, 0.5) is 0 Å². The maximum Gasteiger partial charge on any atom is 0.321 e. The van der Waals surface area contributed by atoms with Gasteiger partial charge in [0.15, 0.2) is 0 Å².